The summed E-state index contributed by atoms with van der Waals surface area (Å²) < 4.78 is 0. The van der Waals surface area contributed by atoms with Crippen molar-refractivity contribution in [2.75, 3.05) is 45.8 Å². The smallest absolute Gasteiger partial charge is 0.00385 e. The maximum atomic E-state index is 2.73. The quantitative estimate of drug-likeness (QED) is 0.342. The number of likely N-dealkylation sites (tertiary alicyclic amines) is 3. The molecular weight excluding hydrogens is 414 g/mol. The summed E-state index contributed by atoms with van der Waals surface area (Å²) in [5.74, 6) is 4.82. The second-order valence-corrected chi connectivity index (χ2v) is 13.1. The summed E-state index contributed by atoms with van der Waals surface area (Å²) in [5, 5.41) is 0. The van der Waals surface area contributed by atoms with Gasteiger partial charge in [-0.3, -0.25) is 0 Å². The SMILES string of the molecule is CC(C)C1CCN(CCC2CCN(C(C)C)CC2)CC1.CCC(C)CC1CCN(C(C)C)CC1. The minimum Gasteiger partial charge on any atom is -0.303 e. The third-order valence-corrected chi connectivity index (χ3v) is 9.62. The summed E-state index contributed by atoms with van der Waals surface area (Å²) in [7, 11) is 0. The van der Waals surface area contributed by atoms with Crippen molar-refractivity contribution in [2.45, 2.75) is 125 Å². The van der Waals surface area contributed by atoms with Crippen LogP contribution in [0.25, 0.3) is 0 Å². The van der Waals surface area contributed by atoms with Gasteiger partial charge in [-0.1, -0.05) is 34.1 Å². The fraction of sp³-hybridized carbons (Fsp3) is 1.00. The molecule has 0 aromatic rings. The molecule has 3 heteroatoms. The van der Waals surface area contributed by atoms with E-state index in [1.807, 2.05) is 0 Å². The van der Waals surface area contributed by atoms with Gasteiger partial charge in [0.25, 0.3) is 0 Å². The Bertz CT molecular complexity index is 465. The van der Waals surface area contributed by atoms with Gasteiger partial charge in [0.1, 0.15) is 0 Å². The Labute approximate surface area is 215 Å². The van der Waals surface area contributed by atoms with Gasteiger partial charge in [-0.15, -0.1) is 0 Å². The second-order valence-electron chi connectivity index (χ2n) is 13.1. The summed E-state index contributed by atoms with van der Waals surface area (Å²) in [5.41, 5.74) is 0. The van der Waals surface area contributed by atoms with Crippen LogP contribution in [0, 0.1) is 29.6 Å². The van der Waals surface area contributed by atoms with Gasteiger partial charge in [0, 0.05) is 12.1 Å². The van der Waals surface area contributed by atoms with E-state index in [1.165, 1.54) is 104 Å². The molecule has 0 aromatic carbocycles. The molecule has 3 aliphatic heterocycles. The van der Waals surface area contributed by atoms with Crippen molar-refractivity contribution in [3.63, 3.8) is 0 Å². The van der Waals surface area contributed by atoms with Crippen LogP contribution in [0.5, 0.6) is 0 Å². The zero-order chi connectivity index (χ0) is 25.1. The normalized spacial score (nSPS) is 24.1. The van der Waals surface area contributed by atoms with Crippen LogP contribution in [0.2, 0.25) is 0 Å². The molecule has 0 amide bonds. The molecule has 202 valence electrons. The molecule has 3 nitrogen and oxygen atoms in total. The molecule has 0 bridgehead atoms. The van der Waals surface area contributed by atoms with Gasteiger partial charge in [0.05, 0.1) is 0 Å². The van der Waals surface area contributed by atoms with Crippen LogP contribution >= 0.6 is 0 Å². The lowest BCUT2D eigenvalue weighted by molar-refractivity contribution is 0.120. The van der Waals surface area contributed by atoms with Crippen molar-refractivity contribution in [1.82, 2.24) is 14.7 Å². The van der Waals surface area contributed by atoms with Crippen LogP contribution in [0.15, 0.2) is 0 Å². The van der Waals surface area contributed by atoms with Gasteiger partial charge < -0.3 is 14.7 Å². The molecular formula is C31H63N3. The standard InChI is InChI=1S/C18H36N2.C13H27N/c1-15(2)18-8-11-19(12-9-18)10-5-17-6-13-20(14-7-17)16(3)4;1-5-12(4)10-13-6-8-14(9-7-13)11(2)3/h15-18H,5-14H2,1-4H3;11-13H,5-10H2,1-4H3. The monoisotopic (exact) mass is 478 g/mol. The number of hydrogen-bond acceptors (Lipinski definition) is 3. The van der Waals surface area contributed by atoms with E-state index in [0.29, 0.717) is 0 Å². The van der Waals surface area contributed by atoms with Crippen LogP contribution in [-0.2, 0) is 0 Å². The van der Waals surface area contributed by atoms with Gasteiger partial charge in [-0.25, -0.2) is 0 Å². The van der Waals surface area contributed by atoms with Gasteiger partial charge in [0.2, 0.25) is 0 Å². The maximum Gasteiger partial charge on any atom is 0.00385 e. The Balaban J connectivity index is 0.000000257. The number of rotatable bonds is 9. The molecule has 0 aliphatic carbocycles. The Kier molecular flexibility index (Phi) is 14.1. The van der Waals surface area contributed by atoms with Gasteiger partial charge in [-0.2, -0.15) is 0 Å². The number of piperidine rings is 3. The zero-order valence-corrected chi connectivity index (χ0v) is 24.7. The van der Waals surface area contributed by atoms with Crippen LogP contribution in [-0.4, -0.2) is 72.6 Å². The average Bonchev–Trinajstić information content (AvgIpc) is 2.84. The van der Waals surface area contributed by atoms with Crippen molar-refractivity contribution in [3.05, 3.63) is 0 Å². The molecule has 0 N–H and O–H groups in total. The molecule has 34 heavy (non-hydrogen) atoms. The third-order valence-electron chi connectivity index (χ3n) is 9.62. The van der Waals surface area contributed by atoms with E-state index in [9.17, 15) is 0 Å². The summed E-state index contributed by atoms with van der Waals surface area (Å²) >= 11 is 0. The topological polar surface area (TPSA) is 9.72 Å². The Morgan fingerprint density at radius 3 is 1.50 bits per heavy atom. The molecule has 0 spiro atoms. The fourth-order valence-corrected chi connectivity index (χ4v) is 6.41. The molecule has 0 aromatic heterocycles. The maximum absolute atomic E-state index is 2.73. The summed E-state index contributed by atoms with van der Waals surface area (Å²) in [6.45, 7) is 28.2. The first kappa shape index (κ1) is 30.1. The summed E-state index contributed by atoms with van der Waals surface area (Å²) in [6.07, 6.45) is 12.9. The lowest BCUT2D eigenvalue weighted by Gasteiger charge is -2.37. The van der Waals surface area contributed by atoms with Crippen molar-refractivity contribution in [2.24, 2.45) is 29.6 Å². The molecule has 0 saturated carbocycles. The lowest BCUT2D eigenvalue weighted by Crippen LogP contribution is -2.40. The predicted octanol–water partition coefficient (Wildman–Crippen LogP) is 7.41. The average molecular weight is 478 g/mol. The van der Waals surface area contributed by atoms with Gasteiger partial charge in [0.15, 0.2) is 0 Å². The van der Waals surface area contributed by atoms with Gasteiger partial charge >= 0.3 is 0 Å². The largest absolute Gasteiger partial charge is 0.303 e. The molecule has 3 aliphatic rings. The predicted molar refractivity (Wildman–Crippen MR) is 152 cm³/mol. The molecule has 3 rings (SSSR count). The minimum atomic E-state index is 0.742. The first-order valence-corrected chi connectivity index (χ1v) is 15.4. The Morgan fingerprint density at radius 1 is 0.618 bits per heavy atom. The van der Waals surface area contributed by atoms with Crippen LogP contribution in [0.3, 0.4) is 0 Å². The first-order chi connectivity index (χ1) is 16.2. The van der Waals surface area contributed by atoms with E-state index in [1.54, 1.807) is 0 Å². The van der Waals surface area contributed by atoms with Crippen LogP contribution < -0.4 is 0 Å². The summed E-state index contributed by atoms with van der Waals surface area (Å²) in [4.78, 5) is 7.99. The first-order valence-electron chi connectivity index (χ1n) is 15.4. The van der Waals surface area contributed by atoms with Crippen LogP contribution in [0.4, 0.5) is 0 Å². The second kappa shape index (κ2) is 15.9. The van der Waals surface area contributed by atoms with Crippen molar-refractivity contribution in [3.8, 4) is 0 Å². The van der Waals surface area contributed by atoms with E-state index >= 15 is 0 Å². The Morgan fingerprint density at radius 2 is 1.09 bits per heavy atom. The number of hydrogen-bond donors (Lipinski definition) is 0. The minimum absolute atomic E-state index is 0.742. The molecule has 1 atom stereocenters. The third kappa shape index (κ3) is 10.9. The molecule has 0 radical (unpaired) electrons. The van der Waals surface area contributed by atoms with Crippen molar-refractivity contribution in [1.29, 1.82) is 0 Å². The molecule has 1 unspecified atom stereocenters. The lowest BCUT2D eigenvalue weighted by atomic mass is 9.86. The van der Waals surface area contributed by atoms with E-state index in [2.05, 4.69) is 70.1 Å². The highest BCUT2D eigenvalue weighted by Gasteiger charge is 2.24. The number of nitrogens with zero attached hydrogens (tertiary/aromatic N) is 3. The summed E-state index contributed by atoms with van der Waals surface area (Å²) in [6, 6.07) is 1.49. The van der Waals surface area contributed by atoms with E-state index in [0.717, 1.165) is 41.7 Å². The highest BCUT2D eigenvalue weighted by atomic mass is 15.2. The van der Waals surface area contributed by atoms with E-state index in [4.69, 9.17) is 0 Å². The fourth-order valence-electron chi connectivity index (χ4n) is 6.41. The zero-order valence-electron chi connectivity index (χ0n) is 24.7. The van der Waals surface area contributed by atoms with Gasteiger partial charge in [-0.05, 0) is 154 Å². The van der Waals surface area contributed by atoms with Crippen molar-refractivity contribution < 1.29 is 0 Å². The highest BCUT2D eigenvalue weighted by Crippen LogP contribution is 2.27. The molecule has 3 saturated heterocycles. The van der Waals surface area contributed by atoms with Crippen LogP contribution in [0.1, 0.15) is 113 Å². The highest BCUT2D eigenvalue weighted by molar-refractivity contribution is 4.78. The molecule has 3 fully saturated rings. The molecule has 3 heterocycles. The Hall–Kier alpha value is -0.120. The van der Waals surface area contributed by atoms with E-state index < -0.39 is 0 Å². The van der Waals surface area contributed by atoms with E-state index in [-0.39, 0.29) is 0 Å². The van der Waals surface area contributed by atoms with Crippen molar-refractivity contribution >= 4 is 0 Å².